The van der Waals surface area contributed by atoms with E-state index >= 15 is 0 Å². The number of rotatable bonds is 3. The molecule has 6 nitrogen and oxygen atoms in total. The van der Waals surface area contributed by atoms with Crippen molar-refractivity contribution in [2.24, 2.45) is 0 Å². The predicted molar refractivity (Wildman–Crippen MR) is 86.9 cm³/mol. The summed E-state index contributed by atoms with van der Waals surface area (Å²) in [6.45, 7) is 1.20. The Bertz CT molecular complexity index is 771. The predicted octanol–water partition coefficient (Wildman–Crippen LogP) is 2.28. The molecule has 0 aliphatic carbocycles. The van der Waals surface area contributed by atoms with Crippen molar-refractivity contribution in [2.45, 2.75) is 18.6 Å². The largest absolute Gasteiger partial charge is 0.435 e. The van der Waals surface area contributed by atoms with Crippen LogP contribution in [0.25, 0.3) is 5.69 Å². The molecule has 0 saturated carbocycles. The van der Waals surface area contributed by atoms with Crippen molar-refractivity contribution in [1.82, 2.24) is 25.2 Å². The van der Waals surface area contributed by atoms with Crippen LogP contribution < -0.4 is 5.32 Å². The summed E-state index contributed by atoms with van der Waals surface area (Å²) in [4.78, 5) is 13.8. The number of aromatic nitrogens is 3. The number of carbonyl (C=O) groups excluding carboxylic acids is 1. The number of halogens is 5. The van der Waals surface area contributed by atoms with Crippen LogP contribution in [0.15, 0.2) is 24.3 Å². The number of alkyl halides is 3. The quantitative estimate of drug-likeness (QED) is 0.813. The Balaban J connectivity index is 0.00000243. The summed E-state index contributed by atoms with van der Waals surface area (Å²) in [6, 6.07) is 4.09. The molecule has 2 aromatic rings. The minimum Gasteiger partial charge on any atom is -0.336 e. The first kappa shape index (κ1) is 20.1. The average Bonchev–Trinajstić information content (AvgIpc) is 3.23. The molecule has 1 unspecified atom stereocenters. The third-order valence-electron chi connectivity index (χ3n) is 4.11. The zero-order valence-electron chi connectivity index (χ0n) is 13.6. The van der Waals surface area contributed by atoms with Gasteiger partial charge in [-0.05, 0) is 37.2 Å². The van der Waals surface area contributed by atoms with E-state index in [0.717, 1.165) is 24.3 Å². The summed E-state index contributed by atoms with van der Waals surface area (Å²) in [6.07, 6.45) is -4.20. The van der Waals surface area contributed by atoms with Crippen molar-refractivity contribution < 1.29 is 22.4 Å². The second kappa shape index (κ2) is 7.58. The van der Waals surface area contributed by atoms with E-state index in [1.165, 1.54) is 11.9 Å². The van der Waals surface area contributed by atoms with Gasteiger partial charge in [-0.25, -0.2) is 9.07 Å². The van der Waals surface area contributed by atoms with Crippen molar-refractivity contribution in [3.05, 3.63) is 41.5 Å². The minimum absolute atomic E-state index is 0. The molecule has 3 rings (SSSR count). The van der Waals surface area contributed by atoms with Gasteiger partial charge in [-0.1, -0.05) is 5.21 Å². The smallest absolute Gasteiger partial charge is 0.336 e. The molecule has 1 fully saturated rings. The minimum atomic E-state index is -4.85. The summed E-state index contributed by atoms with van der Waals surface area (Å²) in [5.74, 6) is -1.45. The van der Waals surface area contributed by atoms with Crippen LogP contribution in [0.4, 0.5) is 17.6 Å². The molecule has 26 heavy (non-hydrogen) atoms. The average molecular weight is 394 g/mol. The molecule has 0 radical (unpaired) electrons. The Labute approximate surface area is 152 Å². The van der Waals surface area contributed by atoms with E-state index in [2.05, 4.69) is 15.6 Å². The van der Waals surface area contributed by atoms with Gasteiger partial charge >= 0.3 is 6.18 Å². The Morgan fingerprint density at radius 1 is 1.31 bits per heavy atom. The first-order valence-corrected chi connectivity index (χ1v) is 7.55. The maximum absolute atomic E-state index is 13.6. The molecule has 142 valence electrons. The normalized spacial score (nSPS) is 17.0. The van der Waals surface area contributed by atoms with Gasteiger partial charge < -0.3 is 10.2 Å². The van der Waals surface area contributed by atoms with Crippen molar-refractivity contribution >= 4 is 18.3 Å². The van der Waals surface area contributed by atoms with Gasteiger partial charge in [0.05, 0.1) is 5.69 Å². The molecule has 0 spiro atoms. The molecule has 2 heterocycles. The topological polar surface area (TPSA) is 63.1 Å². The monoisotopic (exact) mass is 393 g/mol. The zero-order valence-corrected chi connectivity index (χ0v) is 14.4. The van der Waals surface area contributed by atoms with Crippen LogP contribution >= 0.6 is 12.4 Å². The lowest BCUT2D eigenvalue weighted by molar-refractivity contribution is -0.143. The van der Waals surface area contributed by atoms with E-state index in [1.807, 2.05) is 0 Å². The fraction of sp³-hybridized carbons (Fsp3) is 0.400. The Kier molecular flexibility index (Phi) is 5.87. The number of nitrogens with one attached hydrogen (secondary N) is 1. The highest BCUT2D eigenvalue weighted by Crippen LogP contribution is 2.33. The van der Waals surface area contributed by atoms with Crippen molar-refractivity contribution in [2.75, 3.05) is 20.1 Å². The molecule has 1 aliphatic heterocycles. The number of benzene rings is 1. The van der Waals surface area contributed by atoms with Gasteiger partial charge in [-0.15, -0.1) is 17.5 Å². The highest BCUT2D eigenvalue weighted by atomic mass is 35.5. The molecule has 11 heteroatoms. The van der Waals surface area contributed by atoms with Gasteiger partial charge in [0.25, 0.3) is 5.91 Å². The molecule has 1 aliphatic rings. The molecule has 0 bridgehead atoms. The van der Waals surface area contributed by atoms with Gasteiger partial charge in [0.2, 0.25) is 0 Å². The van der Waals surface area contributed by atoms with Crippen LogP contribution in [-0.2, 0) is 6.18 Å². The maximum atomic E-state index is 13.6. The molecule has 1 atom stereocenters. The van der Waals surface area contributed by atoms with E-state index in [-0.39, 0.29) is 24.1 Å². The SMILES string of the molecule is CN(C(=O)c1nnn(-c2ccc(F)cc2)c1C(F)(F)F)C1CCNC1.Cl. The molecule has 1 aromatic heterocycles. The first-order valence-electron chi connectivity index (χ1n) is 7.55. The second-order valence-electron chi connectivity index (χ2n) is 5.74. The maximum Gasteiger partial charge on any atom is 0.435 e. The fourth-order valence-electron chi connectivity index (χ4n) is 2.75. The van der Waals surface area contributed by atoms with Gasteiger partial charge in [0.1, 0.15) is 5.82 Å². The summed E-state index contributed by atoms with van der Waals surface area (Å²) in [5.41, 5.74) is -2.08. The number of hydrogen-bond acceptors (Lipinski definition) is 4. The number of carbonyl (C=O) groups is 1. The summed E-state index contributed by atoms with van der Waals surface area (Å²) in [5, 5.41) is 9.98. The van der Waals surface area contributed by atoms with Crippen LogP contribution in [0.2, 0.25) is 0 Å². The van der Waals surface area contributed by atoms with Crippen LogP contribution in [0.3, 0.4) is 0 Å². The number of likely N-dealkylation sites (N-methyl/N-ethyl adjacent to an activating group) is 1. The second-order valence-corrected chi connectivity index (χ2v) is 5.74. The third kappa shape index (κ3) is 3.80. The van der Waals surface area contributed by atoms with E-state index in [4.69, 9.17) is 0 Å². The highest BCUT2D eigenvalue weighted by Gasteiger charge is 2.43. The number of nitrogens with zero attached hydrogens (tertiary/aromatic N) is 4. The van der Waals surface area contributed by atoms with Gasteiger partial charge in [-0.3, -0.25) is 4.79 Å². The summed E-state index contributed by atoms with van der Waals surface area (Å²) < 4.78 is 54.2. The number of hydrogen-bond donors (Lipinski definition) is 1. The molecule has 1 N–H and O–H groups in total. The van der Waals surface area contributed by atoms with Gasteiger partial charge in [0.15, 0.2) is 11.4 Å². The van der Waals surface area contributed by atoms with Crippen LogP contribution in [0.5, 0.6) is 0 Å². The lowest BCUT2D eigenvalue weighted by atomic mass is 10.2. The summed E-state index contributed by atoms with van der Waals surface area (Å²) in [7, 11) is 1.44. The first-order chi connectivity index (χ1) is 11.8. The van der Waals surface area contributed by atoms with Crippen molar-refractivity contribution in [3.8, 4) is 5.69 Å². The fourth-order valence-corrected chi connectivity index (χ4v) is 2.75. The van der Waals surface area contributed by atoms with Crippen molar-refractivity contribution in [1.29, 1.82) is 0 Å². The summed E-state index contributed by atoms with van der Waals surface area (Å²) >= 11 is 0. The lowest BCUT2D eigenvalue weighted by Gasteiger charge is -2.23. The van der Waals surface area contributed by atoms with E-state index in [9.17, 15) is 22.4 Å². The van der Waals surface area contributed by atoms with E-state index in [0.29, 0.717) is 24.2 Å². The van der Waals surface area contributed by atoms with E-state index < -0.39 is 29.3 Å². The molecule has 1 saturated heterocycles. The molecule has 1 aromatic carbocycles. The van der Waals surface area contributed by atoms with Crippen LogP contribution in [0, 0.1) is 5.82 Å². The standard InChI is InChI=1S/C15H15F4N5O.ClH/c1-23(11-6-7-20-8-11)14(25)12-13(15(17,18)19)24(22-21-12)10-4-2-9(16)3-5-10;/h2-5,11,20H,6-8H2,1H3;1H. The van der Waals surface area contributed by atoms with Crippen LogP contribution in [0.1, 0.15) is 22.6 Å². The lowest BCUT2D eigenvalue weighted by Crippen LogP contribution is -2.39. The zero-order chi connectivity index (χ0) is 18.2. The molecule has 1 amide bonds. The van der Waals surface area contributed by atoms with Gasteiger partial charge in [0, 0.05) is 19.6 Å². The van der Waals surface area contributed by atoms with E-state index in [1.54, 1.807) is 0 Å². The molecular formula is C15H16ClF4N5O. The molecular weight excluding hydrogens is 378 g/mol. The number of amides is 1. The van der Waals surface area contributed by atoms with Gasteiger partial charge in [-0.2, -0.15) is 13.2 Å². The highest BCUT2D eigenvalue weighted by molar-refractivity contribution is 5.93. The van der Waals surface area contributed by atoms with Crippen molar-refractivity contribution in [3.63, 3.8) is 0 Å². The Morgan fingerprint density at radius 2 is 1.96 bits per heavy atom. The third-order valence-corrected chi connectivity index (χ3v) is 4.11. The van der Waals surface area contributed by atoms with Crippen LogP contribution in [-0.4, -0.2) is 52.0 Å². The Morgan fingerprint density at radius 3 is 2.50 bits per heavy atom. The Hall–Kier alpha value is -2.20.